The molecule has 1 amide bonds. The van der Waals surface area contributed by atoms with Crippen molar-refractivity contribution in [1.82, 2.24) is 14.6 Å². The highest BCUT2D eigenvalue weighted by Gasteiger charge is 2.05. The quantitative estimate of drug-likeness (QED) is 0.734. The van der Waals surface area contributed by atoms with Crippen molar-refractivity contribution in [3.63, 3.8) is 0 Å². The van der Waals surface area contributed by atoms with Crippen LogP contribution in [0.3, 0.4) is 0 Å². The lowest BCUT2D eigenvalue weighted by molar-refractivity contribution is -0.116. The summed E-state index contributed by atoms with van der Waals surface area (Å²) in [5.41, 5.74) is 6.76. The van der Waals surface area contributed by atoms with E-state index in [0.29, 0.717) is 5.82 Å². The van der Waals surface area contributed by atoms with E-state index in [1.54, 1.807) is 16.9 Å². The van der Waals surface area contributed by atoms with Gasteiger partial charge in [0.2, 0.25) is 5.91 Å². The summed E-state index contributed by atoms with van der Waals surface area (Å²) in [5, 5.41) is 7.08. The van der Waals surface area contributed by atoms with Gasteiger partial charge < -0.3 is 11.1 Å². The minimum absolute atomic E-state index is 0.0664. The zero-order valence-electron chi connectivity index (χ0n) is 8.27. The average Bonchev–Trinajstić information content (AvgIpc) is 2.55. The van der Waals surface area contributed by atoms with Crippen molar-refractivity contribution >= 4 is 17.2 Å². The fourth-order valence-electron chi connectivity index (χ4n) is 1.35. The Labute approximate surface area is 86.1 Å². The van der Waals surface area contributed by atoms with Gasteiger partial charge in [-0.1, -0.05) is 0 Å². The number of anilines is 1. The molecule has 0 aromatic carbocycles. The summed E-state index contributed by atoms with van der Waals surface area (Å²) in [7, 11) is 0. The molecule has 2 heterocycles. The zero-order chi connectivity index (χ0) is 10.8. The third-order valence-corrected chi connectivity index (χ3v) is 1.94. The summed E-state index contributed by atoms with van der Waals surface area (Å²) >= 11 is 0. The number of hydrogen-bond donors (Lipinski definition) is 2. The molecule has 0 aliphatic heterocycles. The number of hydrogen-bond acceptors (Lipinski definition) is 4. The van der Waals surface area contributed by atoms with Gasteiger partial charge in [-0.2, -0.15) is 5.10 Å². The lowest BCUT2D eigenvalue weighted by Gasteiger charge is -2.03. The van der Waals surface area contributed by atoms with E-state index in [2.05, 4.69) is 15.4 Å². The number of carbonyl (C=O) groups is 1. The number of nitrogens with two attached hydrogens (primary N) is 1. The fourth-order valence-corrected chi connectivity index (χ4v) is 1.35. The Bertz CT molecular complexity index is 504. The number of rotatable bonds is 3. The highest BCUT2D eigenvalue weighted by molar-refractivity contribution is 5.80. The van der Waals surface area contributed by atoms with E-state index in [4.69, 9.17) is 5.73 Å². The van der Waals surface area contributed by atoms with Gasteiger partial charge in [0, 0.05) is 12.4 Å². The van der Waals surface area contributed by atoms with Gasteiger partial charge in [0.05, 0.1) is 12.2 Å². The Morgan fingerprint density at radius 2 is 2.47 bits per heavy atom. The monoisotopic (exact) mass is 205 g/mol. The average molecular weight is 205 g/mol. The largest absolute Gasteiger partial charge is 0.368 e. The number of fused-ring (bicyclic) bond motifs is 1. The van der Waals surface area contributed by atoms with Gasteiger partial charge in [0.25, 0.3) is 0 Å². The van der Waals surface area contributed by atoms with Gasteiger partial charge in [0.15, 0.2) is 5.82 Å². The van der Waals surface area contributed by atoms with Crippen LogP contribution in [0.2, 0.25) is 0 Å². The van der Waals surface area contributed by atoms with Crippen molar-refractivity contribution in [3.05, 3.63) is 24.2 Å². The Balaban J connectivity index is 2.37. The van der Waals surface area contributed by atoms with E-state index < -0.39 is 5.91 Å². The molecule has 2 rings (SSSR count). The van der Waals surface area contributed by atoms with Crippen molar-refractivity contribution in [2.45, 2.75) is 6.92 Å². The van der Waals surface area contributed by atoms with E-state index in [-0.39, 0.29) is 6.54 Å². The van der Waals surface area contributed by atoms with Gasteiger partial charge in [-0.05, 0) is 13.0 Å². The van der Waals surface area contributed by atoms with Crippen LogP contribution in [0, 0.1) is 6.92 Å². The molecule has 0 spiro atoms. The van der Waals surface area contributed by atoms with Crippen molar-refractivity contribution in [3.8, 4) is 0 Å². The van der Waals surface area contributed by atoms with Crippen molar-refractivity contribution < 1.29 is 4.79 Å². The van der Waals surface area contributed by atoms with Crippen molar-refractivity contribution in [2.24, 2.45) is 5.73 Å². The van der Waals surface area contributed by atoms with Crippen LogP contribution in [-0.4, -0.2) is 27.0 Å². The molecule has 0 aliphatic rings. The third kappa shape index (κ3) is 1.88. The van der Waals surface area contributed by atoms with Gasteiger partial charge in [-0.3, -0.25) is 4.79 Å². The van der Waals surface area contributed by atoms with Gasteiger partial charge in [0.1, 0.15) is 5.52 Å². The normalized spacial score (nSPS) is 10.5. The summed E-state index contributed by atoms with van der Waals surface area (Å²) in [6, 6.07) is 1.89. The molecule has 0 saturated carbocycles. The van der Waals surface area contributed by atoms with E-state index >= 15 is 0 Å². The number of aryl methyl sites for hydroxylation is 1. The molecule has 15 heavy (non-hydrogen) atoms. The number of nitrogens with one attached hydrogen (secondary N) is 1. The Morgan fingerprint density at radius 1 is 1.67 bits per heavy atom. The maximum atomic E-state index is 10.6. The molecule has 0 aliphatic carbocycles. The summed E-state index contributed by atoms with van der Waals surface area (Å²) in [6.07, 6.45) is 3.36. The highest BCUT2D eigenvalue weighted by Crippen LogP contribution is 2.13. The first kappa shape index (κ1) is 9.45. The van der Waals surface area contributed by atoms with E-state index in [1.807, 2.05) is 13.0 Å². The van der Waals surface area contributed by atoms with Gasteiger partial charge in [-0.25, -0.2) is 9.50 Å². The van der Waals surface area contributed by atoms with E-state index in [9.17, 15) is 4.79 Å². The summed E-state index contributed by atoms with van der Waals surface area (Å²) in [5.74, 6) is 0.187. The Hall–Kier alpha value is -2.11. The SMILES string of the molecule is Cc1cc2c(NCC(N)=O)nccn2n1. The van der Waals surface area contributed by atoms with Crippen LogP contribution >= 0.6 is 0 Å². The van der Waals surface area contributed by atoms with Gasteiger partial charge >= 0.3 is 0 Å². The summed E-state index contributed by atoms with van der Waals surface area (Å²) < 4.78 is 1.70. The molecule has 0 atom stereocenters. The fraction of sp³-hybridized carbons (Fsp3) is 0.222. The molecule has 0 saturated heterocycles. The number of carbonyl (C=O) groups excluding carboxylic acids is 1. The molecule has 2 aromatic rings. The molecular formula is C9H11N5O. The van der Waals surface area contributed by atoms with Crippen LogP contribution < -0.4 is 11.1 Å². The first-order valence-corrected chi connectivity index (χ1v) is 4.50. The second-order valence-corrected chi connectivity index (χ2v) is 3.21. The molecule has 78 valence electrons. The van der Waals surface area contributed by atoms with E-state index in [1.165, 1.54) is 0 Å². The first-order valence-electron chi connectivity index (χ1n) is 4.50. The minimum Gasteiger partial charge on any atom is -0.368 e. The number of aromatic nitrogens is 3. The molecule has 2 aromatic heterocycles. The second-order valence-electron chi connectivity index (χ2n) is 3.21. The van der Waals surface area contributed by atoms with Crippen LogP contribution in [0.25, 0.3) is 5.52 Å². The molecule has 0 bridgehead atoms. The number of primary amides is 1. The Kier molecular flexibility index (Phi) is 2.24. The molecule has 6 heteroatoms. The molecule has 0 radical (unpaired) electrons. The molecule has 6 nitrogen and oxygen atoms in total. The standard InChI is InChI=1S/C9H11N5O/c1-6-4-7-9(12-5-8(10)15)11-2-3-14(7)13-6/h2-4H,5H2,1H3,(H2,10,15)(H,11,12). The lowest BCUT2D eigenvalue weighted by Crippen LogP contribution is -2.22. The first-order chi connectivity index (χ1) is 7.16. The zero-order valence-corrected chi connectivity index (χ0v) is 8.27. The van der Waals surface area contributed by atoms with Crippen molar-refractivity contribution in [1.29, 1.82) is 0 Å². The van der Waals surface area contributed by atoms with E-state index in [0.717, 1.165) is 11.2 Å². The predicted molar refractivity (Wildman–Crippen MR) is 55.4 cm³/mol. The second kappa shape index (κ2) is 3.56. The maximum Gasteiger partial charge on any atom is 0.236 e. The molecule has 3 N–H and O–H groups in total. The van der Waals surface area contributed by atoms with Crippen LogP contribution in [-0.2, 0) is 4.79 Å². The topological polar surface area (TPSA) is 85.3 Å². The summed E-state index contributed by atoms with van der Waals surface area (Å²) in [6.45, 7) is 1.96. The number of nitrogens with zero attached hydrogens (tertiary/aromatic N) is 3. The molecular weight excluding hydrogens is 194 g/mol. The smallest absolute Gasteiger partial charge is 0.236 e. The van der Waals surface area contributed by atoms with Crippen molar-refractivity contribution in [2.75, 3.05) is 11.9 Å². The predicted octanol–water partition coefficient (Wildman–Crippen LogP) is -0.0651. The molecule has 0 unspecified atom stereocenters. The minimum atomic E-state index is -0.421. The van der Waals surface area contributed by atoms with Crippen LogP contribution in [0.4, 0.5) is 5.82 Å². The summed E-state index contributed by atoms with van der Waals surface area (Å²) in [4.78, 5) is 14.7. The molecule has 0 fully saturated rings. The Morgan fingerprint density at radius 3 is 3.20 bits per heavy atom. The maximum absolute atomic E-state index is 10.6. The van der Waals surface area contributed by atoms with Gasteiger partial charge in [-0.15, -0.1) is 0 Å². The van der Waals surface area contributed by atoms with Crippen LogP contribution in [0.1, 0.15) is 5.69 Å². The lowest BCUT2D eigenvalue weighted by atomic mass is 10.4. The van der Waals surface area contributed by atoms with Crippen LogP contribution in [0.15, 0.2) is 18.5 Å². The number of amides is 1. The highest BCUT2D eigenvalue weighted by atomic mass is 16.1. The third-order valence-electron chi connectivity index (χ3n) is 1.94. The van der Waals surface area contributed by atoms with Crippen LogP contribution in [0.5, 0.6) is 0 Å².